The second-order valence-electron chi connectivity index (χ2n) is 5.37. The van der Waals surface area contributed by atoms with Crippen LogP contribution in [0.5, 0.6) is 0 Å². The number of nitrogens with one attached hydrogen (secondary N) is 1. The highest BCUT2D eigenvalue weighted by Gasteiger charge is 2.30. The Morgan fingerprint density at radius 3 is 2.69 bits per heavy atom. The Balaban J connectivity index is 2.59. The summed E-state index contributed by atoms with van der Waals surface area (Å²) >= 11 is 0. The first-order chi connectivity index (χ1) is 7.33. The molecule has 0 saturated carbocycles. The molecule has 1 heterocycles. The van der Waals surface area contributed by atoms with Crippen LogP contribution in [0.1, 0.15) is 27.7 Å². The van der Waals surface area contributed by atoms with Crippen LogP contribution in [0.2, 0.25) is 0 Å². The van der Waals surface area contributed by atoms with E-state index < -0.39 is 0 Å². The molecular weight excluding hydrogens is 206 g/mol. The fourth-order valence-corrected chi connectivity index (χ4v) is 1.64. The zero-order valence-corrected chi connectivity index (χ0v) is 10.6. The van der Waals surface area contributed by atoms with E-state index in [-0.39, 0.29) is 23.7 Å². The van der Waals surface area contributed by atoms with E-state index in [4.69, 9.17) is 10.5 Å². The van der Waals surface area contributed by atoms with Gasteiger partial charge in [-0.05, 0) is 27.7 Å². The van der Waals surface area contributed by atoms with E-state index in [0.29, 0.717) is 19.7 Å². The Morgan fingerprint density at radius 1 is 1.56 bits per heavy atom. The molecule has 94 valence electrons. The summed E-state index contributed by atoms with van der Waals surface area (Å²) in [6.07, 6.45) is -0.0399. The highest BCUT2D eigenvalue weighted by Crippen LogP contribution is 2.12. The molecule has 1 saturated heterocycles. The van der Waals surface area contributed by atoms with Crippen molar-refractivity contribution in [3.63, 3.8) is 0 Å². The van der Waals surface area contributed by atoms with Crippen LogP contribution < -0.4 is 11.1 Å². The summed E-state index contributed by atoms with van der Waals surface area (Å²) in [7, 11) is 0. The monoisotopic (exact) mass is 229 g/mol. The fraction of sp³-hybridized carbons (Fsp3) is 0.909. The number of nitrogens with zero attached hydrogens (tertiary/aromatic N) is 1. The lowest BCUT2D eigenvalue weighted by Gasteiger charge is -2.39. The van der Waals surface area contributed by atoms with Crippen molar-refractivity contribution in [1.29, 1.82) is 0 Å². The average Bonchev–Trinajstić information content (AvgIpc) is 2.15. The van der Waals surface area contributed by atoms with Gasteiger partial charge in [0.25, 0.3) is 0 Å². The standard InChI is InChI=1S/C11H23N3O2/c1-8-7-16-9(5-12)6-14(8)10(15)13-11(2,3)4/h8-9H,5-7,12H2,1-4H3,(H,13,15). The molecule has 1 aliphatic heterocycles. The van der Waals surface area contributed by atoms with Crippen LogP contribution in [0.3, 0.4) is 0 Å². The maximum absolute atomic E-state index is 12.0. The van der Waals surface area contributed by atoms with Gasteiger partial charge in [0.2, 0.25) is 0 Å². The van der Waals surface area contributed by atoms with Gasteiger partial charge in [-0.2, -0.15) is 0 Å². The fourth-order valence-electron chi connectivity index (χ4n) is 1.64. The van der Waals surface area contributed by atoms with Gasteiger partial charge in [0.15, 0.2) is 0 Å². The van der Waals surface area contributed by atoms with E-state index in [0.717, 1.165) is 0 Å². The van der Waals surface area contributed by atoms with E-state index >= 15 is 0 Å². The summed E-state index contributed by atoms with van der Waals surface area (Å²) in [5.74, 6) is 0. The number of morpholine rings is 1. The molecular formula is C11H23N3O2. The predicted molar refractivity (Wildman–Crippen MR) is 63.2 cm³/mol. The largest absolute Gasteiger partial charge is 0.373 e. The maximum Gasteiger partial charge on any atom is 0.318 e. The van der Waals surface area contributed by atoms with Crippen molar-refractivity contribution < 1.29 is 9.53 Å². The number of carbonyl (C=O) groups excluding carboxylic acids is 1. The molecule has 0 aromatic carbocycles. The second-order valence-corrected chi connectivity index (χ2v) is 5.37. The summed E-state index contributed by atoms with van der Waals surface area (Å²) in [4.78, 5) is 13.8. The van der Waals surface area contributed by atoms with E-state index in [1.165, 1.54) is 0 Å². The van der Waals surface area contributed by atoms with Crippen LogP contribution in [-0.4, -0.2) is 48.3 Å². The van der Waals surface area contributed by atoms with Gasteiger partial charge in [0, 0.05) is 12.1 Å². The zero-order valence-electron chi connectivity index (χ0n) is 10.6. The summed E-state index contributed by atoms with van der Waals surface area (Å²) in [5, 5.41) is 2.95. The SMILES string of the molecule is CC1COC(CN)CN1C(=O)NC(C)(C)C. The van der Waals surface area contributed by atoms with E-state index in [1.54, 1.807) is 4.90 Å². The molecule has 0 radical (unpaired) electrons. The first-order valence-corrected chi connectivity index (χ1v) is 5.74. The topological polar surface area (TPSA) is 67.6 Å². The van der Waals surface area contributed by atoms with Crippen molar-refractivity contribution in [3.05, 3.63) is 0 Å². The molecule has 2 atom stereocenters. The predicted octanol–water partition coefficient (Wildman–Crippen LogP) is 0.543. The quantitative estimate of drug-likeness (QED) is 0.689. The van der Waals surface area contributed by atoms with Crippen molar-refractivity contribution in [2.45, 2.75) is 45.4 Å². The Labute approximate surface area is 97.3 Å². The third kappa shape index (κ3) is 3.64. The molecule has 0 bridgehead atoms. The molecule has 0 spiro atoms. The van der Waals surface area contributed by atoms with E-state index in [9.17, 15) is 4.79 Å². The number of hydrogen-bond donors (Lipinski definition) is 2. The normalized spacial score (nSPS) is 26.7. The van der Waals surface area contributed by atoms with Crippen LogP contribution in [0, 0.1) is 0 Å². The highest BCUT2D eigenvalue weighted by atomic mass is 16.5. The summed E-state index contributed by atoms with van der Waals surface area (Å²) in [5.41, 5.74) is 5.34. The van der Waals surface area contributed by atoms with Crippen molar-refractivity contribution in [1.82, 2.24) is 10.2 Å². The molecule has 5 nitrogen and oxygen atoms in total. The highest BCUT2D eigenvalue weighted by molar-refractivity contribution is 5.75. The molecule has 0 aromatic rings. The third-order valence-electron chi connectivity index (χ3n) is 2.51. The average molecular weight is 229 g/mol. The minimum Gasteiger partial charge on any atom is -0.373 e. The molecule has 2 amide bonds. The lowest BCUT2D eigenvalue weighted by molar-refractivity contribution is -0.0369. The Kier molecular flexibility index (Phi) is 4.15. The number of ether oxygens (including phenoxy) is 1. The van der Waals surface area contributed by atoms with Gasteiger partial charge >= 0.3 is 6.03 Å². The zero-order chi connectivity index (χ0) is 12.3. The van der Waals surface area contributed by atoms with Crippen LogP contribution in [0.15, 0.2) is 0 Å². The number of nitrogens with two attached hydrogens (primary N) is 1. The number of urea groups is 1. The van der Waals surface area contributed by atoms with Gasteiger partial charge in [-0.15, -0.1) is 0 Å². The number of amides is 2. The summed E-state index contributed by atoms with van der Waals surface area (Å²) in [6, 6.07) is 0.0619. The van der Waals surface area contributed by atoms with Gasteiger partial charge in [0.05, 0.1) is 25.3 Å². The minimum atomic E-state index is -0.215. The summed E-state index contributed by atoms with van der Waals surface area (Å²) < 4.78 is 5.50. The van der Waals surface area contributed by atoms with Crippen molar-refractivity contribution >= 4 is 6.03 Å². The van der Waals surface area contributed by atoms with Gasteiger partial charge in [-0.1, -0.05) is 0 Å². The molecule has 1 aliphatic rings. The van der Waals surface area contributed by atoms with Crippen molar-refractivity contribution in [2.75, 3.05) is 19.7 Å². The summed E-state index contributed by atoms with van der Waals surface area (Å²) in [6.45, 7) is 9.46. The Morgan fingerprint density at radius 2 is 2.19 bits per heavy atom. The second kappa shape index (κ2) is 5.01. The van der Waals surface area contributed by atoms with Crippen molar-refractivity contribution in [2.24, 2.45) is 5.73 Å². The van der Waals surface area contributed by atoms with E-state index in [2.05, 4.69) is 5.32 Å². The molecule has 0 aliphatic carbocycles. The van der Waals surface area contributed by atoms with Crippen LogP contribution >= 0.6 is 0 Å². The van der Waals surface area contributed by atoms with Gasteiger partial charge < -0.3 is 20.7 Å². The van der Waals surface area contributed by atoms with Crippen LogP contribution in [-0.2, 0) is 4.74 Å². The lowest BCUT2D eigenvalue weighted by Crippen LogP contribution is -2.58. The van der Waals surface area contributed by atoms with Gasteiger partial charge in [-0.3, -0.25) is 0 Å². The van der Waals surface area contributed by atoms with Crippen molar-refractivity contribution in [3.8, 4) is 0 Å². The van der Waals surface area contributed by atoms with Gasteiger partial charge in [-0.25, -0.2) is 4.79 Å². The number of carbonyl (C=O) groups is 1. The van der Waals surface area contributed by atoms with Crippen LogP contribution in [0.4, 0.5) is 4.79 Å². The number of rotatable bonds is 1. The molecule has 2 unspecified atom stereocenters. The lowest BCUT2D eigenvalue weighted by atomic mass is 10.1. The first-order valence-electron chi connectivity index (χ1n) is 5.74. The molecule has 3 N–H and O–H groups in total. The van der Waals surface area contributed by atoms with Crippen LogP contribution in [0.25, 0.3) is 0 Å². The minimum absolute atomic E-state index is 0.0399. The molecule has 0 aromatic heterocycles. The molecule has 1 rings (SSSR count). The van der Waals surface area contributed by atoms with E-state index in [1.807, 2.05) is 27.7 Å². The molecule has 16 heavy (non-hydrogen) atoms. The Hall–Kier alpha value is -0.810. The van der Waals surface area contributed by atoms with Gasteiger partial charge in [0.1, 0.15) is 0 Å². The Bertz CT molecular complexity index is 250. The number of hydrogen-bond acceptors (Lipinski definition) is 3. The third-order valence-corrected chi connectivity index (χ3v) is 2.51. The molecule has 5 heteroatoms. The maximum atomic E-state index is 12.0. The first kappa shape index (κ1) is 13.3. The molecule has 1 fully saturated rings. The smallest absolute Gasteiger partial charge is 0.318 e.